The van der Waals surface area contributed by atoms with E-state index in [1.54, 1.807) is 0 Å². The Morgan fingerprint density at radius 2 is 1.78 bits per heavy atom. The lowest BCUT2D eigenvalue weighted by molar-refractivity contribution is 0.0397. The quantitative estimate of drug-likeness (QED) is 0.521. The van der Waals surface area contributed by atoms with E-state index in [4.69, 9.17) is 4.55 Å². The van der Waals surface area contributed by atoms with Crippen LogP contribution in [0.2, 0.25) is 0 Å². The smallest absolute Gasteiger partial charge is 0.370 e. The molecule has 0 aliphatic carbocycles. The molecule has 1 N–H and O–H groups in total. The van der Waals surface area contributed by atoms with Gasteiger partial charge < -0.3 is 9.47 Å². The van der Waals surface area contributed by atoms with Crippen molar-refractivity contribution in [1.82, 2.24) is 0 Å². The van der Waals surface area contributed by atoms with E-state index >= 15 is 0 Å². The van der Waals surface area contributed by atoms with Crippen LogP contribution in [0.15, 0.2) is 12.5 Å². The Morgan fingerprint density at radius 3 is 2.00 bits per heavy atom. The molecule has 6 heteroatoms. The van der Waals surface area contributed by atoms with Crippen LogP contribution in [0.4, 0.5) is 0 Å². The van der Waals surface area contributed by atoms with Crippen LogP contribution >= 0.6 is 0 Å². The van der Waals surface area contributed by atoms with Crippen LogP contribution in [-0.2, 0) is 19.6 Å². The molecule has 0 saturated heterocycles. The normalized spacial score (nSPS) is 19.2. The third-order valence-electron chi connectivity index (χ3n) is 0.678. The van der Waals surface area contributed by atoms with Crippen molar-refractivity contribution in [2.75, 3.05) is 0 Å². The van der Waals surface area contributed by atoms with Gasteiger partial charge in [0.2, 0.25) is 0 Å². The van der Waals surface area contributed by atoms with E-state index in [-0.39, 0.29) is 0 Å². The van der Waals surface area contributed by atoms with E-state index in [2.05, 4.69) is 9.47 Å². The van der Waals surface area contributed by atoms with Crippen LogP contribution in [0.3, 0.4) is 0 Å². The summed E-state index contributed by atoms with van der Waals surface area (Å²) in [5, 5.41) is 0. The first-order chi connectivity index (χ1) is 4.11. The molecule has 0 unspecified atom stereocenters. The summed E-state index contributed by atoms with van der Waals surface area (Å²) in [6.45, 7) is 0. The first kappa shape index (κ1) is 6.37. The van der Waals surface area contributed by atoms with Gasteiger partial charge in [-0.15, -0.1) is 0 Å². The van der Waals surface area contributed by atoms with Crippen molar-refractivity contribution in [3.05, 3.63) is 12.5 Å². The minimum absolute atomic E-state index is 1.04. The molecule has 0 spiro atoms. The van der Waals surface area contributed by atoms with Crippen LogP contribution in [0, 0.1) is 0 Å². The molecule has 0 aromatic carbocycles. The largest absolute Gasteiger partial charge is 0.445 e. The summed E-state index contributed by atoms with van der Waals surface area (Å²) in [6, 6.07) is 0. The second kappa shape index (κ2) is 1.89. The van der Waals surface area contributed by atoms with E-state index in [0.717, 1.165) is 12.5 Å². The SMILES string of the molecule is O=S(=O)(O)C1OC=CO1. The fourth-order valence-corrected chi connectivity index (χ4v) is 0.774. The third kappa shape index (κ3) is 1.33. The average Bonchev–Trinajstić information content (AvgIpc) is 2.08. The Balaban J connectivity index is 2.68. The lowest BCUT2D eigenvalue weighted by Crippen LogP contribution is -2.20. The van der Waals surface area contributed by atoms with Crippen molar-refractivity contribution in [2.24, 2.45) is 0 Å². The molecule has 0 bridgehead atoms. The van der Waals surface area contributed by atoms with E-state index in [0.29, 0.717) is 0 Å². The van der Waals surface area contributed by atoms with Gasteiger partial charge in [0.25, 0.3) is 0 Å². The maximum absolute atomic E-state index is 10.1. The molecule has 1 rings (SSSR count). The molecule has 9 heavy (non-hydrogen) atoms. The molecular weight excluding hydrogens is 148 g/mol. The molecule has 1 aliphatic heterocycles. The lowest BCUT2D eigenvalue weighted by Gasteiger charge is -2.03. The summed E-state index contributed by atoms with van der Waals surface area (Å²) < 4.78 is 37.0. The van der Waals surface area contributed by atoms with Gasteiger partial charge in [0, 0.05) is 0 Å². The first-order valence-corrected chi connectivity index (χ1v) is 3.53. The molecule has 0 saturated carbocycles. The molecule has 0 atom stereocenters. The molecular formula is C3H4O5S. The lowest BCUT2D eigenvalue weighted by atomic mass is 11.1. The fourth-order valence-electron chi connectivity index (χ4n) is 0.365. The standard InChI is InChI=1S/C3H4O5S/c4-9(5,6)3-7-1-2-8-3/h1-3H,(H,4,5,6). The van der Waals surface area contributed by atoms with Gasteiger partial charge in [-0.2, -0.15) is 8.42 Å². The summed E-state index contributed by atoms with van der Waals surface area (Å²) in [5.74, 6) is 0. The molecule has 0 aromatic heterocycles. The van der Waals surface area contributed by atoms with E-state index < -0.39 is 15.7 Å². The summed E-state index contributed by atoms with van der Waals surface area (Å²) in [7, 11) is -4.21. The second-order valence-electron chi connectivity index (χ2n) is 1.35. The van der Waals surface area contributed by atoms with Crippen LogP contribution in [0.25, 0.3) is 0 Å². The van der Waals surface area contributed by atoms with Gasteiger partial charge in [0.15, 0.2) is 0 Å². The zero-order chi connectivity index (χ0) is 6.91. The van der Waals surface area contributed by atoms with Crippen molar-refractivity contribution < 1.29 is 22.4 Å². The maximum Gasteiger partial charge on any atom is 0.370 e. The van der Waals surface area contributed by atoms with Crippen molar-refractivity contribution in [2.45, 2.75) is 5.62 Å². The van der Waals surface area contributed by atoms with Crippen molar-refractivity contribution >= 4 is 10.1 Å². The fraction of sp³-hybridized carbons (Fsp3) is 0.333. The Labute approximate surface area is 51.6 Å². The predicted molar refractivity (Wildman–Crippen MR) is 26.6 cm³/mol. The monoisotopic (exact) mass is 152 g/mol. The van der Waals surface area contributed by atoms with Gasteiger partial charge in [-0.25, -0.2) is 0 Å². The Morgan fingerprint density at radius 1 is 1.33 bits per heavy atom. The van der Waals surface area contributed by atoms with E-state index in [1.807, 2.05) is 0 Å². The Hall–Kier alpha value is -0.750. The molecule has 1 heterocycles. The van der Waals surface area contributed by atoms with Crippen LogP contribution in [0.1, 0.15) is 0 Å². The zero-order valence-electron chi connectivity index (χ0n) is 4.22. The highest BCUT2D eigenvalue weighted by Gasteiger charge is 2.27. The molecule has 0 aromatic rings. The number of ether oxygens (including phenoxy) is 2. The molecule has 1 aliphatic rings. The number of hydrogen-bond donors (Lipinski definition) is 1. The molecule has 52 valence electrons. The highest BCUT2D eigenvalue weighted by atomic mass is 32.2. The number of rotatable bonds is 1. The zero-order valence-corrected chi connectivity index (χ0v) is 5.04. The Kier molecular flexibility index (Phi) is 1.34. The number of hydrogen-bond acceptors (Lipinski definition) is 4. The van der Waals surface area contributed by atoms with Crippen LogP contribution < -0.4 is 0 Å². The summed E-state index contributed by atoms with van der Waals surface area (Å²) in [5.41, 5.74) is -1.57. The highest BCUT2D eigenvalue weighted by molar-refractivity contribution is 7.86. The first-order valence-electron chi connectivity index (χ1n) is 2.03. The minimum Gasteiger partial charge on any atom is -0.445 e. The topological polar surface area (TPSA) is 72.8 Å². The van der Waals surface area contributed by atoms with E-state index in [9.17, 15) is 8.42 Å². The summed E-state index contributed by atoms with van der Waals surface area (Å²) in [6.07, 6.45) is 2.08. The maximum atomic E-state index is 10.1. The van der Waals surface area contributed by atoms with Crippen molar-refractivity contribution in [1.29, 1.82) is 0 Å². The van der Waals surface area contributed by atoms with Gasteiger partial charge in [0.05, 0.1) is 0 Å². The summed E-state index contributed by atoms with van der Waals surface area (Å²) in [4.78, 5) is 0. The van der Waals surface area contributed by atoms with Gasteiger partial charge in [0.1, 0.15) is 12.5 Å². The highest BCUT2D eigenvalue weighted by Crippen LogP contribution is 2.09. The summed E-state index contributed by atoms with van der Waals surface area (Å²) >= 11 is 0. The van der Waals surface area contributed by atoms with Crippen LogP contribution in [0.5, 0.6) is 0 Å². The second-order valence-corrected chi connectivity index (χ2v) is 2.76. The minimum atomic E-state index is -4.21. The third-order valence-corrected chi connectivity index (χ3v) is 1.39. The van der Waals surface area contributed by atoms with Crippen molar-refractivity contribution in [3.8, 4) is 0 Å². The van der Waals surface area contributed by atoms with Gasteiger partial charge >= 0.3 is 15.7 Å². The van der Waals surface area contributed by atoms with Gasteiger partial charge in [-0.3, -0.25) is 4.55 Å². The molecule has 0 fully saturated rings. The predicted octanol–water partition coefficient (Wildman–Crippen LogP) is -0.324. The van der Waals surface area contributed by atoms with Crippen LogP contribution in [-0.4, -0.2) is 18.6 Å². The molecule has 5 nitrogen and oxygen atoms in total. The van der Waals surface area contributed by atoms with Gasteiger partial charge in [-0.05, 0) is 0 Å². The van der Waals surface area contributed by atoms with Gasteiger partial charge in [-0.1, -0.05) is 0 Å². The van der Waals surface area contributed by atoms with E-state index in [1.165, 1.54) is 0 Å². The van der Waals surface area contributed by atoms with Crippen molar-refractivity contribution in [3.63, 3.8) is 0 Å². The Bertz CT molecular complexity index is 206. The molecule has 0 amide bonds. The molecule has 0 radical (unpaired) electrons. The average molecular weight is 152 g/mol.